The molecule has 0 radical (unpaired) electrons. The summed E-state index contributed by atoms with van der Waals surface area (Å²) in [6.07, 6.45) is 0. The highest BCUT2D eigenvalue weighted by atomic mass is 16.4. The van der Waals surface area contributed by atoms with Crippen LogP contribution in [0, 0.1) is 0 Å². The van der Waals surface area contributed by atoms with Gasteiger partial charge < -0.3 is 13.7 Å². The fourth-order valence-electron chi connectivity index (χ4n) is 7.71. The first-order valence-electron chi connectivity index (χ1n) is 18.4. The molecule has 0 amide bonds. The third kappa shape index (κ3) is 5.49. The first-order valence-corrected chi connectivity index (χ1v) is 18.4. The summed E-state index contributed by atoms with van der Waals surface area (Å²) in [5.41, 5.74) is 10.2. The fraction of sp³-hybridized carbons (Fsp3) is 0. The lowest BCUT2D eigenvalue weighted by Crippen LogP contribution is -2.09. The van der Waals surface area contributed by atoms with E-state index in [2.05, 4.69) is 120 Å². The molecule has 0 saturated carbocycles. The molecule has 0 spiro atoms. The SMILES string of the molecule is c1ccc(-c2nc3ccc(N(c4ccc5c(ccc6cc(-c7ccc8ccccc8c7)ccc65)c4)c4ccc5nc(-c6ccccc6)oc5c4)cc3o2)cc1. The van der Waals surface area contributed by atoms with E-state index in [1.807, 2.05) is 72.8 Å². The molecule has 9 aromatic carbocycles. The Bertz CT molecular complexity index is 3100. The van der Waals surface area contributed by atoms with E-state index in [-0.39, 0.29) is 0 Å². The van der Waals surface area contributed by atoms with Crippen LogP contribution in [0.4, 0.5) is 17.1 Å². The van der Waals surface area contributed by atoms with Crippen LogP contribution in [0.3, 0.4) is 0 Å². The molecular formula is C50H31N3O2. The Balaban J connectivity index is 1.03. The van der Waals surface area contributed by atoms with Gasteiger partial charge in [-0.1, -0.05) is 103 Å². The molecule has 0 fully saturated rings. The van der Waals surface area contributed by atoms with Crippen molar-refractivity contribution in [3.05, 3.63) is 188 Å². The van der Waals surface area contributed by atoms with Crippen molar-refractivity contribution < 1.29 is 8.83 Å². The molecule has 2 aromatic heterocycles. The molecular weight excluding hydrogens is 675 g/mol. The van der Waals surface area contributed by atoms with E-state index >= 15 is 0 Å². The van der Waals surface area contributed by atoms with Gasteiger partial charge >= 0.3 is 0 Å². The predicted molar refractivity (Wildman–Crippen MR) is 225 cm³/mol. The molecule has 0 bridgehead atoms. The Kier molecular flexibility index (Phi) is 7.10. The quantitative estimate of drug-likeness (QED) is 0.161. The van der Waals surface area contributed by atoms with Gasteiger partial charge in [-0.15, -0.1) is 0 Å². The average molecular weight is 706 g/mol. The molecule has 5 heteroatoms. The first kappa shape index (κ1) is 31.1. The standard InChI is InChI=1S/C50H31N3O2/c1-3-10-33(11-4-1)49-51-45-25-21-41(30-47(45)54-49)53(42-22-26-46-48(31-42)55-50(52-46)34-12-5-2-6-13-34)40-20-24-44-39(29-40)18-17-38-28-37(19-23-43(38)44)36-16-15-32-9-7-8-14-35(32)27-36/h1-31H. The van der Waals surface area contributed by atoms with Gasteiger partial charge in [-0.3, -0.25) is 0 Å². The van der Waals surface area contributed by atoms with Crippen molar-refractivity contribution in [2.45, 2.75) is 0 Å². The Morgan fingerprint density at radius 3 is 1.40 bits per heavy atom. The second-order valence-electron chi connectivity index (χ2n) is 13.9. The van der Waals surface area contributed by atoms with Crippen LogP contribution in [0.1, 0.15) is 0 Å². The van der Waals surface area contributed by atoms with Crippen molar-refractivity contribution >= 4 is 71.6 Å². The molecule has 11 rings (SSSR count). The minimum Gasteiger partial charge on any atom is -0.436 e. The van der Waals surface area contributed by atoms with Crippen LogP contribution in [-0.4, -0.2) is 9.97 Å². The molecule has 0 aliphatic heterocycles. The Hall–Kier alpha value is -7.50. The highest BCUT2D eigenvalue weighted by Gasteiger charge is 2.19. The van der Waals surface area contributed by atoms with Crippen LogP contribution in [0.5, 0.6) is 0 Å². The maximum atomic E-state index is 6.35. The van der Waals surface area contributed by atoms with Crippen molar-refractivity contribution in [3.63, 3.8) is 0 Å². The van der Waals surface area contributed by atoms with E-state index in [1.54, 1.807) is 0 Å². The number of nitrogens with zero attached hydrogens (tertiary/aromatic N) is 3. The average Bonchev–Trinajstić information content (AvgIpc) is 3.88. The number of aromatic nitrogens is 2. The predicted octanol–water partition coefficient (Wildman–Crippen LogP) is 13.9. The summed E-state index contributed by atoms with van der Waals surface area (Å²) in [4.78, 5) is 11.8. The topological polar surface area (TPSA) is 55.3 Å². The second-order valence-corrected chi connectivity index (χ2v) is 13.9. The Morgan fingerprint density at radius 2 is 0.782 bits per heavy atom. The number of oxazole rings is 2. The van der Waals surface area contributed by atoms with Crippen molar-refractivity contribution in [1.29, 1.82) is 0 Å². The van der Waals surface area contributed by atoms with Crippen molar-refractivity contribution in [2.24, 2.45) is 0 Å². The van der Waals surface area contributed by atoms with E-state index in [9.17, 15) is 0 Å². The Morgan fingerprint density at radius 1 is 0.327 bits per heavy atom. The highest BCUT2D eigenvalue weighted by Crippen LogP contribution is 2.41. The lowest BCUT2D eigenvalue weighted by Gasteiger charge is -2.25. The van der Waals surface area contributed by atoms with Crippen molar-refractivity contribution in [1.82, 2.24) is 9.97 Å². The summed E-state index contributed by atoms with van der Waals surface area (Å²) in [6.45, 7) is 0. The van der Waals surface area contributed by atoms with Gasteiger partial charge in [0.1, 0.15) is 11.0 Å². The van der Waals surface area contributed by atoms with Gasteiger partial charge in [0.2, 0.25) is 11.8 Å². The van der Waals surface area contributed by atoms with Crippen molar-refractivity contribution in [3.8, 4) is 34.0 Å². The normalized spacial score (nSPS) is 11.6. The van der Waals surface area contributed by atoms with E-state index < -0.39 is 0 Å². The van der Waals surface area contributed by atoms with E-state index in [1.165, 1.54) is 38.1 Å². The number of rotatable bonds is 6. The molecule has 0 saturated heterocycles. The van der Waals surface area contributed by atoms with Gasteiger partial charge in [0.05, 0.1) is 0 Å². The van der Waals surface area contributed by atoms with Gasteiger partial charge in [-0.25, -0.2) is 9.97 Å². The summed E-state index contributed by atoms with van der Waals surface area (Å²) >= 11 is 0. The first-order chi connectivity index (χ1) is 27.2. The number of benzene rings is 9. The molecule has 5 nitrogen and oxygen atoms in total. The summed E-state index contributed by atoms with van der Waals surface area (Å²) in [7, 11) is 0. The summed E-state index contributed by atoms with van der Waals surface area (Å²) in [5.74, 6) is 1.19. The number of hydrogen-bond acceptors (Lipinski definition) is 5. The highest BCUT2D eigenvalue weighted by molar-refractivity contribution is 6.10. The monoisotopic (exact) mass is 705 g/mol. The molecule has 0 N–H and O–H groups in total. The summed E-state index contributed by atoms with van der Waals surface area (Å²) < 4.78 is 12.7. The van der Waals surface area contributed by atoms with Crippen LogP contribution in [0.2, 0.25) is 0 Å². The second kappa shape index (κ2) is 12.6. The minimum atomic E-state index is 0.595. The van der Waals surface area contributed by atoms with Gasteiger partial charge in [0, 0.05) is 40.3 Å². The number of fused-ring (bicyclic) bond motifs is 6. The maximum Gasteiger partial charge on any atom is 0.227 e. The van der Waals surface area contributed by atoms with Crippen LogP contribution in [-0.2, 0) is 0 Å². The third-order valence-electron chi connectivity index (χ3n) is 10.5. The van der Waals surface area contributed by atoms with Crippen LogP contribution in [0.25, 0.3) is 88.6 Å². The molecule has 55 heavy (non-hydrogen) atoms. The van der Waals surface area contributed by atoms with Crippen molar-refractivity contribution in [2.75, 3.05) is 4.90 Å². The summed E-state index contributed by atoms with van der Waals surface area (Å²) in [5, 5.41) is 7.26. The lowest BCUT2D eigenvalue weighted by atomic mass is 9.96. The zero-order valence-electron chi connectivity index (χ0n) is 29.6. The molecule has 0 aliphatic rings. The maximum absolute atomic E-state index is 6.35. The van der Waals surface area contributed by atoms with Crippen LogP contribution < -0.4 is 4.90 Å². The van der Waals surface area contributed by atoms with Gasteiger partial charge in [-0.2, -0.15) is 0 Å². The molecule has 2 heterocycles. The van der Waals surface area contributed by atoms with Gasteiger partial charge in [0.15, 0.2) is 11.2 Å². The molecule has 258 valence electrons. The lowest BCUT2D eigenvalue weighted by molar-refractivity contribution is 0.620. The smallest absolute Gasteiger partial charge is 0.227 e. The molecule has 11 aromatic rings. The minimum absolute atomic E-state index is 0.595. The molecule has 0 aliphatic carbocycles. The third-order valence-corrected chi connectivity index (χ3v) is 10.5. The van der Waals surface area contributed by atoms with Gasteiger partial charge in [-0.05, 0) is 116 Å². The van der Waals surface area contributed by atoms with Gasteiger partial charge in [0.25, 0.3) is 0 Å². The van der Waals surface area contributed by atoms with E-state index in [0.717, 1.165) is 44.6 Å². The van der Waals surface area contributed by atoms with E-state index in [0.29, 0.717) is 22.9 Å². The number of anilines is 3. The number of hydrogen-bond donors (Lipinski definition) is 0. The largest absolute Gasteiger partial charge is 0.436 e. The molecule has 0 atom stereocenters. The van der Waals surface area contributed by atoms with Crippen LogP contribution >= 0.6 is 0 Å². The zero-order chi connectivity index (χ0) is 36.3. The van der Waals surface area contributed by atoms with Crippen LogP contribution in [0.15, 0.2) is 197 Å². The fourth-order valence-corrected chi connectivity index (χ4v) is 7.71. The molecule has 0 unspecified atom stereocenters. The summed E-state index contributed by atoms with van der Waals surface area (Å²) in [6, 6.07) is 65.5. The van der Waals surface area contributed by atoms with E-state index in [4.69, 9.17) is 18.8 Å². The zero-order valence-corrected chi connectivity index (χ0v) is 29.6. The Labute approximate surface area is 316 Å².